The highest BCUT2D eigenvalue weighted by Crippen LogP contribution is 2.31. The lowest BCUT2D eigenvalue weighted by molar-refractivity contribution is -0.116. The second-order valence-corrected chi connectivity index (χ2v) is 9.14. The molecule has 0 radical (unpaired) electrons. The summed E-state index contributed by atoms with van der Waals surface area (Å²) in [5.41, 5.74) is 6.01. The Labute approximate surface area is 172 Å². The van der Waals surface area contributed by atoms with E-state index in [1.165, 1.54) is 45.2 Å². The average molecular weight is 434 g/mol. The van der Waals surface area contributed by atoms with Crippen LogP contribution < -0.4 is 11.1 Å². The van der Waals surface area contributed by atoms with E-state index in [0.29, 0.717) is 0 Å². The molecule has 3 aromatic rings. The third-order valence-corrected chi connectivity index (χ3v) is 6.64. The van der Waals surface area contributed by atoms with Crippen LogP contribution in [0.3, 0.4) is 0 Å². The number of nitrogens with two attached hydrogens (primary N) is 1. The van der Waals surface area contributed by atoms with Crippen LogP contribution in [0.25, 0.3) is 16.6 Å². The maximum atomic E-state index is 14.5. The molecule has 0 aliphatic rings. The summed E-state index contributed by atoms with van der Waals surface area (Å²) in [5.74, 6) is -2.55. The summed E-state index contributed by atoms with van der Waals surface area (Å²) in [6.45, 7) is 2.99. The van der Waals surface area contributed by atoms with Crippen molar-refractivity contribution in [2.45, 2.75) is 19.1 Å². The fourth-order valence-electron chi connectivity index (χ4n) is 2.98. The van der Waals surface area contributed by atoms with E-state index in [4.69, 9.17) is 5.73 Å². The summed E-state index contributed by atoms with van der Waals surface area (Å²) in [5, 5.41) is 1.59. The highest BCUT2D eigenvalue weighted by molar-refractivity contribution is 7.90. The van der Waals surface area contributed by atoms with Gasteiger partial charge in [0.15, 0.2) is 0 Å². The number of likely N-dealkylation sites (N-methyl/N-ethyl adjacent to an activating group) is 1. The van der Waals surface area contributed by atoms with Gasteiger partial charge in [-0.05, 0) is 43.7 Å². The highest BCUT2D eigenvalue weighted by atomic mass is 32.2. The number of aromatic nitrogens is 2. The number of fused-ring (bicyclic) bond motifs is 1. The summed E-state index contributed by atoms with van der Waals surface area (Å²) in [6, 6.07) is 7.70. The minimum absolute atomic E-state index is 0.0554. The zero-order valence-electron chi connectivity index (χ0n) is 16.5. The summed E-state index contributed by atoms with van der Waals surface area (Å²) in [6.07, 6.45) is 1.05. The minimum atomic E-state index is -3.86. The number of amides is 1. The summed E-state index contributed by atoms with van der Waals surface area (Å²) in [4.78, 5) is 16.1. The molecule has 0 spiro atoms. The largest absolute Gasteiger partial charge is 0.368 e. The molecule has 0 saturated carbocycles. The van der Waals surface area contributed by atoms with Gasteiger partial charge in [-0.25, -0.2) is 26.2 Å². The van der Waals surface area contributed by atoms with Crippen molar-refractivity contribution in [3.8, 4) is 0 Å². The number of benzene rings is 2. The number of nitrogen functional groups attached to an aromatic ring is 1. The first-order chi connectivity index (χ1) is 14.1. The van der Waals surface area contributed by atoms with Gasteiger partial charge in [0.1, 0.15) is 11.6 Å². The lowest BCUT2D eigenvalue weighted by Crippen LogP contribution is -2.23. The van der Waals surface area contributed by atoms with E-state index in [1.54, 1.807) is 0 Å². The van der Waals surface area contributed by atoms with Crippen molar-refractivity contribution in [3.05, 3.63) is 65.2 Å². The summed E-state index contributed by atoms with van der Waals surface area (Å²) in [7, 11) is -2.48. The second kappa shape index (κ2) is 7.86. The number of halogens is 2. The molecule has 0 aliphatic heterocycles. The van der Waals surface area contributed by atoms with Gasteiger partial charge in [-0.3, -0.25) is 4.79 Å². The topological polar surface area (TPSA) is 107 Å². The average Bonchev–Trinajstić information content (AvgIpc) is 3.02. The predicted molar refractivity (Wildman–Crippen MR) is 111 cm³/mol. The standard InChI is InChI=1S/C20H20F2N4O3S/c1-11(2)30(28,29)26-17-9-12(7-8-16(17)25-20(26)23)13(10-18(27)24-3)19-14(21)5-4-6-15(19)22/h4-11H,1-3H3,(H2,23,25)(H,24,27)/b13-10+. The van der Waals surface area contributed by atoms with Crippen LogP contribution in [0.4, 0.5) is 14.7 Å². The maximum absolute atomic E-state index is 14.5. The molecule has 1 amide bonds. The van der Waals surface area contributed by atoms with Crippen molar-refractivity contribution in [3.63, 3.8) is 0 Å². The molecule has 2 aromatic carbocycles. The molecule has 30 heavy (non-hydrogen) atoms. The van der Waals surface area contributed by atoms with Gasteiger partial charge in [-0.2, -0.15) is 0 Å². The third kappa shape index (κ3) is 3.65. The number of carbonyl (C=O) groups is 1. The Bertz CT molecular complexity index is 1260. The quantitative estimate of drug-likeness (QED) is 0.601. The van der Waals surface area contributed by atoms with Gasteiger partial charge in [-0.15, -0.1) is 0 Å². The number of rotatable bonds is 5. The molecule has 0 saturated heterocycles. The van der Waals surface area contributed by atoms with Gasteiger partial charge < -0.3 is 11.1 Å². The molecule has 7 nitrogen and oxygen atoms in total. The highest BCUT2D eigenvalue weighted by Gasteiger charge is 2.25. The van der Waals surface area contributed by atoms with E-state index < -0.39 is 38.4 Å². The van der Waals surface area contributed by atoms with Crippen LogP contribution in [-0.4, -0.2) is 35.6 Å². The van der Waals surface area contributed by atoms with Crippen LogP contribution >= 0.6 is 0 Å². The lowest BCUT2D eigenvalue weighted by Gasteiger charge is -2.13. The summed E-state index contributed by atoms with van der Waals surface area (Å²) < 4.78 is 55.4. The molecule has 0 atom stereocenters. The Hall–Kier alpha value is -3.27. The van der Waals surface area contributed by atoms with Gasteiger partial charge in [0.05, 0.1) is 21.8 Å². The number of nitrogens with one attached hydrogen (secondary N) is 1. The smallest absolute Gasteiger partial charge is 0.244 e. The van der Waals surface area contributed by atoms with Crippen molar-refractivity contribution in [2.75, 3.05) is 12.8 Å². The van der Waals surface area contributed by atoms with Gasteiger partial charge in [0, 0.05) is 18.7 Å². The molecule has 10 heteroatoms. The Morgan fingerprint density at radius 1 is 1.20 bits per heavy atom. The number of hydrogen-bond acceptors (Lipinski definition) is 5. The molecule has 158 valence electrons. The molecule has 1 aromatic heterocycles. The first kappa shape index (κ1) is 21.4. The van der Waals surface area contributed by atoms with Crippen LogP contribution in [0.2, 0.25) is 0 Å². The molecular formula is C20H20F2N4O3S. The normalized spacial score (nSPS) is 12.5. The molecule has 3 rings (SSSR count). The lowest BCUT2D eigenvalue weighted by atomic mass is 9.96. The molecule has 0 unspecified atom stereocenters. The Kier molecular flexibility index (Phi) is 5.62. The second-order valence-electron chi connectivity index (χ2n) is 6.80. The monoisotopic (exact) mass is 434 g/mol. The third-order valence-electron chi connectivity index (χ3n) is 4.55. The van der Waals surface area contributed by atoms with Crippen molar-refractivity contribution in [2.24, 2.45) is 0 Å². The van der Waals surface area contributed by atoms with E-state index in [0.717, 1.165) is 22.2 Å². The van der Waals surface area contributed by atoms with Gasteiger partial charge in [0.25, 0.3) is 0 Å². The van der Waals surface area contributed by atoms with Crippen LogP contribution in [-0.2, 0) is 14.8 Å². The summed E-state index contributed by atoms with van der Waals surface area (Å²) >= 11 is 0. The number of carbonyl (C=O) groups excluding carboxylic acids is 1. The minimum Gasteiger partial charge on any atom is -0.368 e. The van der Waals surface area contributed by atoms with Crippen molar-refractivity contribution in [1.29, 1.82) is 0 Å². The molecule has 0 aliphatic carbocycles. The molecular weight excluding hydrogens is 414 g/mol. The van der Waals surface area contributed by atoms with Crippen molar-refractivity contribution < 1.29 is 22.0 Å². The number of imidazole rings is 1. The van der Waals surface area contributed by atoms with Crippen molar-refractivity contribution >= 4 is 38.5 Å². The Morgan fingerprint density at radius 2 is 1.83 bits per heavy atom. The van der Waals surface area contributed by atoms with Gasteiger partial charge in [0.2, 0.25) is 21.9 Å². The fourth-order valence-corrected chi connectivity index (χ4v) is 4.12. The molecule has 3 N–H and O–H groups in total. The number of hydrogen-bond donors (Lipinski definition) is 2. The first-order valence-corrected chi connectivity index (χ1v) is 10.5. The van der Waals surface area contributed by atoms with E-state index in [1.807, 2.05) is 0 Å². The van der Waals surface area contributed by atoms with E-state index in [9.17, 15) is 22.0 Å². The Balaban J connectivity index is 2.34. The van der Waals surface area contributed by atoms with Crippen LogP contribution in [0, 0.1) is 11.6 Å². The van der Waals surface area contributed by atoms with Crippen LogP contribution in [0.1, 0.15) is 25.0 Å². The zero-order chi connectivity index (χ0) is 22.2. The van der Waals surface area contributed by atoms with Gasteiger partial charge in [-0.1, -0.05) is 12.1 Å². The molecule has 0 bridgehead atoms. The molecule has 0 fully saturated rings. The van der Waals surface area contributed by atoms with Crippen molar-refractivity contribution in [1.82, 2.24) is 14.3 Å². The van der Waals surface area contributed by atoms with Crippen LogP contribution in [0.15, 0.2) is 42.5 Å². The number of anilines is 1. The number of nitrogens with zero attached hydrogens (tertiary/aromatic N) is 2. The zero-order valence-corrected chi connectivity index (χ0v) is 17.3. The maximum Gasteiger partial charge on any atom is 0.244 e. The van der Waals surface area contributed by atoms with E-state index in [2.05, 4.69) is 10.3 Å². The van der Waals surface area contributed by atoms with Gasteiger partial charge >= 0.3 is 0 Å². The molecule has 1 heterocycles. The predicted octanol–water partition coefficient (Wildman–Crippen LogP) is 2.66. The first-order valence-electron chi connectivity index (χ1n) is 8.98. The van der Waals surface area contributed by atoms with E-state index >= 15 is 0 Å². The fraction of sp³-hybridized carbons (Fsp3) is 0.200. The van der Waals surface area contributed by atoms with E-state index in [-0.39, 0.29) is 28.1 Å². The van der Waals surface area contributed by atoms with Crippen LogP contribution in [0.5, 0.6) is 0 Å². The SMILES string of the molecule is CNC(=O)/C=C(\c1ccc2nc(N)n(S(=O)(=O)C(C)C)c2c1)c1c(F)cccc1F. The Morgan fingerprint density at radius 3 is 2.40 bits per heavy atom.